The Morgan fingerprint density at radius 1 is 1.11 bits per heavy atom. The third-order valence-electron chi connectivity index (χ3n) is 7.66. The summed E-state index contributed by atoms with van der Waals surface area (Å²) in [7, 11) is 1.51. The van der Waals surface area contributed by atoms with Gasteiger partial charge in [-0.25, -0.2) is 19.3 Å². The summed E-state index contributed by atoms with van der Waals surface area (Å²) in [5.41, 5.74) is -0.189. The zero-order valence-electron chi connectivity index (χ0n) is 20.3. The molecular formula is C26H23Cl2N5O5. The summed E-state index contributed by atoms with van der Waals surface area (Å²) >= 11 is 12.3. The SMILES string of the molecule is CN1C(=O)N(c2cc(Cl)cc(Cl)c2)C(=O)[C@]12CN(C(=O)N1CCC[C@H]1C(=O)O)C[C@H]2c1ccc(C#N)cc1. The molecule has 1 N–H and O–H groups in total. The molecule has 38 heavy (non-hydrogen) atoms. The van der Waals surface area contributed by atoms with Gasteiger partial charge in [-0.1, -0.05) is 35.3 Å². The van der Waals surface area contributed by atoms with Crippen LogP contribution in [0.15, 0.2) is 42.5 Å². The third kappa shape index (κ3) is 3.94. The molecular weight excluding hydrogens is 533 g/mol. The van der Waals surface area contributed by atoms with Crippen LogP contribution in [0.4, 0.5) is 15.3 Å². The van der Waals surface area contributed by atoms with Crippen molar-refractivity contribution in [2.75, 3.05) is 31.6 Å². The number of nitrogens with zero attached hydrogens (tertiary/aromatic N) is 5. The molecule has 5 amide bonds. The van der Waals surface area contributed by atoms with Crippen LogP contribution in [0.25, 0.3) is 0 Å². The molecule has 3 heterocycles. The largest absolute Gasteiger partial charge is 0.480 e. The van der Waals surface area contributed by atoms with Crippen molar-refractivity contribution in [3.05, 3.63) is 63.6 Å². The van der Waals surface area contributed by atoms with Gasteiger partial charge in [0, 0.05) is 36.1 Å². The lowest BCUT2D eigenvalue weighted by Crippen LogP contribution is -2.55. The summed E-state index contributed by atoms with van der Waals surface area (Å²) < 4.78 is 0. The fourth-order valence-corrected chi connectivity index (χ4v) is 6.30. The number of carbonyl (C=O) groups is 4. The summed E-state index contributed by atoms with van der Waals surface area (Å²) in [4.78, 5) is 58.2. The Morgan fingerprint density at radius 2 is 1.76 bits per heavy atom. The smallest absolute Gasteiger partial charge is 0.332 e. The topological polar surface area (TPSA) is 125 Å². The molecule has 2 aromatic rings. The van der Waals surface area contributed by atoms with Crippen LogP contribution in [0.2, 0.25) is 10.0 Å². The van der Waals surface area contributed by atoms with E-state index in [4.69, 9.17) is 23.2 Å². The van der Waals surface area contributed by atoms with Crippen molar-refractivity contribution in [1.29, 1.82) is 5.26 Å². The van der Waals surface area contributed by atoms with E-state index in [2.05, 4.69) is 6.07 Å². The molecule has 3 saturated heterocycles. The van der Waals surface area contributed by atoms with Gasteiger partial charge in [0.05, 0.1) is 23.9 Å². The van der Waals surface area contributed by atoms with Crippen molar-refractivity contribution in [2.45, 2.75) is 30.3 Å². The Bertz CT molecular complexity index is 1370. The number of halogens is 2. The molecule has 3 atom stereocenters. The maximum Gasteiger partial charge on any atom is 0.332 e. The average molecular weight is 556 g/mol. The number of likely N-dealkylation sites (N-methyl/N-ethyl adjacent to an activating group) is 1. The molecule has 0 unspecified atom stereocenters. The first kappa shape index (κ1) is 25.8. The van der Waals surface area contributed by atoms with Crippen LogP contribution in [-0.2, 0) is 9.59 Å². The highest BCUT2D eigenvalue weighted by atomic mass is 35.5. The molecule has 5 rings (SSSR count). The van der Waals surface area contributed by atoms with E-state index >= 15 is 0 Å². The molecule has 3 aliphatic heterocycles. The highest BCUT2D eigenvalue weighted by molar-refractivity contribution is 6.35. The normalized spacial score (nSPS) is 25.0. The molecule has 3 fully saturated rings. The second kappa shape index (κ2) is 9.49. The van der Waals surface area contributed by atoms with Gasteiger partial charge in [-0.05, 0) is 48.7 Å². The fraction of sp³-hybridized carbons (Fsp3) is 0.346. The fourth-order valence-electron chi connectivity index (χ4n) is 5.79. The number of carbonyl (C=O) groups excluding carboxylic acids is 3. The Balaban J connectivity index is 1.58. The molecule has 0 saturated carbocycles. The number of anilines is 1. The van der Waals surface area contributed by atoms with Crippen molar-refractivity contribution in [3.8, 4) is 6.07 Å². The van der Waals surface area contributed by atoms with E-state index in [1.807, 2.05) is 0 Å². The van der Waals surface area contributed by atoms with E-state index in [-0.39, 0.29) is 35.4 Å². The second-order valence-corrected chi connectivity index (χ2v) is 10.5. The Morgan fingerprint density at radius 3 is 2.37 bits per heavy atom. The third-order valence-corrected chi connectivity index (χ3v) is 8.10. The second-order valence-electron chi connectivity index (χ2n) is 9.67. The minimum atomic E-state index is -1.48. The van der Waals surface area contributed by atoms with E-state index in [0.29, 0.717) is 24.0 Å². The monoisotopic (exact) mass is 555 g/mol. The van der Waals surface area contributed by atoms with Gasteiger partial charge in [0.15, 0.2) is 0 Å². The van der Waals surface area contributed by atoms with Crippen LogP contribution >= 0.6 is 23.2 Å². The van der Waals surface area contributed by atoms with Crippen molar-refractivity contribution >= 4 is 52.8 Å². The van der Waals surface area contributed by atoms with Gasteiger partial charge in [-0.2, -0.15) is 5.26 Å². The number of carboxylic acids is 1. The first-order valence-corrected chi connectivity index (χ1v) is 12.7. The number of benzene rings is 2. The molecule has 0 aromatic heterocycles. The Kier molecular flexibility index (Phi) is 6.45. The number of rotatable bonds is 3. The first-order chi connectivity index (χ1) is 18.1. The number of urea groups is 2. The minimum absolute atomic E-state index is 0.0705. The maximum absolute atomic E-state index is 14.2. The van der Waals surface area contributed by atoms with Gasteiger partial charge < -0.3 is 19.8 Å². The molecule has 0 bridgehead atoms. The average Bonchev–Trinajstić information content (AvgIpc) is 3.57. The number of hydrogen-bond donors (Lipinski definition) is 1. The summed E-state index contributed by atoms with van der Waals surface area (Å²) in [6.45, 7) is 0.225. The lowest BCUT2D eigenvalue weighted by molar-refractivity contribution is -0.141. The summed E-state index contributed by atoms with van der Waals surface area (Å²) in [6.07, 6.45) is 0.904. The van der Waals surface area contributed by atoms with Crippen molar-refractivity contribution < 1.29 is 24.3 Å². The maximum atomic E-state index is 14.2. The van der Waals surface area contributed by atoms with Crippen LogP contribution in [0, 0.1) is 11.3 Å². The van der Waals surface area contributed by atoms with Crippen LogP contribution in [0.5, 0.6) is 0 Å². The van der Waals surface area contributed by atoms with E-state index in [0.717, 1.165) is 4.90 Å². The van der Waals surface area contributed by atoms with E-state index in [1.165, 1.54) is 39.9 Å². The highest BCUT2D eigenvalue weighted by Gasteiger charge is 2.65. The molecule has 1 spiro atoms. The Labute approximate surface area is 228 Å². The molecule has 0 radical (unpaired) electrons. The number of amides is 5. The Hall–Kier alpha value is -3.81. The predicted octanol–water partition coefficient (Wildman–Crippen LogP) is 3.77. The summed E-state index contributed by atoms with van der Waals surface area (Å²) in [6, 6.07) is 11.1. The molecule has 196 valence electrons. The van der Waals surface area contributed by atoms with Gasteiger partial charge in [-0.15, -0.1) is 0 Å². The highest BCUT2D eigenvalue weighted by Crippen LogP contribution is 2.47. The van der Waals surface area contributed by atoms with Crippen molar-refractivity contribution in [3.63, 3.8) is 0 Å². The number of likely N-dealkylation sites (tertiary alicyclic amines) is 2. The van der Waals surface area contributed by atoms with E-state index in [9.17, 15) is 29.5 Å². The van der Waals surface area contributed by atoms with E-state index < -0.39 is 41.4 Å². The number of nitriles is 1. The van der Waals surface area contributed by atoms with E-state index in [1.54, 1.807) is 24.3 Å². The van der Waals surface area contributed by atoms with Crippen molar-refractivity contribution in [1.82, 2.24) is 14.7 Å². The molecule has 2 aromatic carbocycles. The standard InChI is InChI=1S/C26H23Cl2N5O5/c1-30-24(37)33(19-10-17(27)9-18(28)11-19)23(36)26(30)14-31(25(38)32-8-2-3-21(32)22(34)35)13-20(26)16-6-4-15(12-29)5-7-16/h4-7,9-11,20-21H,2-3,8,13-14H2,1H3,(H,34,35)/t20-,21-,26+/m0/s1. The van der Waals surface area contributed by atoms with Gasteiger partial charge in [0.1, 0.15) is 11.6 Å². The van der Waals surface area contributed by atoms with Crippen LogP contribution in [-0.4, -0.2) is 82.0 Å². The lowest BCUT2D eigenvalue weighted by Gasteiger charge is -2.34. The van der Waals surface area contributed by atoms with Crippen LogP contribution in [0.1, 0.15) is 29.9 Å². The van der Waals surface area contributed by atoms with Gasteiger partial charge in [0.25, 0.3) is 5.91 Å². The molecule has 3 aliphatic rings. The molecule has 12 heteroatoms. The number of carboxylic acid groups (broad SMARTS) is 1. The van der Waals surface area contributed by atoms with Gasteiger partial charge in [0.2, 0.25) is 0 Å². The quantitative estimate of drug-likeness (QED) is 0.574. The van der Waals surface area contributed by atoms with Gasteiger partial charge >= 0.3 is 18.0 Å². The molecule has 10 nitrogen and oxygen atoms in total. The lowest BCUT2D eigenvalue weighted by atomic mass is 9.80. The summed E-state index contributed by atoms with van der Waals surface area (Å²) in [5, 5.41) is 19.3. The van der Waals surface area contributed by atoms with Gasteiger partial charge in [-0.3, -0.25) is 4.79 Å². The number of aliphatic carboxylic acids is 1. The van der Waals surface area contributed by atoms with Crippen LogP contribution < -0.4 is 4.90 Å². The number of hydrogen-bond acceptors (Lipinski definition) is 5. The predicted molar refractivity (Wildman–Crippen MR) is 138 cm³/mol. The van der Waals surface area contributed by atoms with Crippen molar-refractivity contribution in [2.24, 2.45) is 0 Å². The molecule has 0 aliphatic carbocycles. The number of imide groups is 1. The zero-order valence-corrected chi connectivity index (χ0v) is 21.8. The minimum Gasteiger partial charge on any atom is -0.480 e. The first-order valence-electron chi connectivity index (χ1n) is 12.0. The van der Waals surface area contributed by atoms with Crippen LogP contribution in [0.3, 0.4) is 0 Å². The summed E-state index contributed by atoms with van der Waals surface area (Å²) in [5.74, 6) is -2.28. The zero-order chi connectivity index (χ0) is 27.4.